The third kappa shape index (κ3) is 2.68. The highest BCUT2D eigenvalue weighted by molar-refractivity contribution is 5.76. The Morgan fingerprint density at radius 2 is 1.95 bits per heavy atom. The van der Waals surface area contributed by atoms with Gasteiger partial charge in [0.2, 0.25) is 11.9 Å². The minimum Gasteiger partial charge on any atom is -0.339 e. The topological polar surface area (TPSA) is 41.4 Å². The lowest BCUT2D eigenvalue weighted by molar-refractivity contribution is -0.131. The fraction of sp³-hybridized carbons (Fsp3) is 0.375. The van der Waals surface area contributed by atoms with E-state index in [1.165, 1.54) is 6.07 Å². The Morgan fingerprint density at radius 1 is 1.23 bits per heavy atom. The zero-order chi connectivity index (χ0) is 15.5. The predicted molar refractivity (Wildman–Crippen MR) is 82.6 cm³/mol. The summed E-state index contributed by atoms with van der Waals surface area (Å²) in [5.74, 6) is 0.618. The molecule has 6 heteroatoms. The van der Waals surface area contributed by atoms with Crippen LogP contribution in [0.25, 0.3) is 5.69 Å². The summed E-state index contributed by atoms with van der Waals surface area (Å²) in [4.78, 5) is 20.1. The van der Waals surface area contributed by atoms with E-state index in [-0.39, 0.29) is 11.7 Å². The van der Waals surface area contributed by atoms with Gasteiger partial charge in [-0.25, -0.2) is 9.37 Å². The third-order valence-corrected chi connectivity index (χ3v) is 3.95. The molecule has 2 heterocycles. The quantitative estimate of drug-likeness (QED) is 0.871. The van der Waals surface area contributed by atoms with E-state index in [9.17, 15) is 9.18 Å². The van der Waals surface area contributed by atoms with Gasteiger partial charge in [-0.3, -0.25) is 9.36 Å². The number of hydrogen-bond acceptors (Lipinski definition) is 3. The second-order valence-electron chi connectivity index (χ2n) is 5.27. The highest BCUT2D eigenvalue weighted by atomic mass is 19.1. The number of carbonyl (C=O) groups excluding carboxylic acids is 1. The van der Waals surface area contributed by atoms with Gasteiger partial charge in [0.05, 0.1) is 5.69 Å². The zero-order valence-corrected chi connectivity index (χ0v) is 12.6. The zero-order valence-electron chi connectivity index (χ0n) is 12.6. The molecule has 1 aliphatic rings. The number of aromatic nitrogens is 2. The average Bonchev–Trinajstić information content (AvgIpc) is 3.04. The van der Waals surface area contributed by atoms with Gasteiger partial charge in [-0.05, 0) is 12.1 Å². The average molecular weight is 302 g/mol. The lowest BCUT2D eigenvalue weighted by Gasteiger charge is -2.35. The maximum absolute atomic E-state index is 14.0. The van der Waals surface area contributed by atoms with Crippen LogP contribution in [0.4, 0.5) is 10.3 Å². The molecule has 0 saturated carbocycles. The number of carbonyl (C=O) groups is 1. The highest BCUT2D eigenvalue weighted by Gasteiger charge is 2.23. The molecule has 2 aromatic rings. The molecule has 0 radical (unpaired) electrons. The molecule has 1 aliphatic heterocycles. The molecule has 1 fully saturated rings. The smallest absolute Gasteiger partial charge is 0.222 e. The molecule has 0 atom stereocenters. The number of halogens is 1. The maximum atomic E-state index is 14.0. The molecular weight excluding hydrogens is 283 g/mol. The van der Waals surface area contributed by atoms with Gasteiger partial charge in [0.1, 0.15) is 5.82 Å². The molecule has 0 spiro atoms. The molecular formula is C16H19FN4O. The molecule has 5 nitrogen and oxygen atoms in total. The molecule has 1 aromatic heterocycles. The van der Waals surface area contributed by atoms with E-state index in [4.69, 9.17) is 0 Å². The van der Waals surface area contributed by atoms with Crippen LogP contribution in [-0.4, -0.2) is 46.5 Å². The van der Waals surface area contributed by atoms with E-state index in [2.05, 4.69) is 9.88 Å². The predicted octanol–water partition coefficient (Wildman–Crippen LogP) is 2.07. The van der Waals surface area contributed by atoms with Crippen molar-refractivity contribution in [3.05, 3.63) is 42.5 Å². The number of piperazine rings is 1. The molecule has 1 amide bonds. The highest BCUT2D eigenvalue weighted by Crippen LogP contribution is 2.21. The van der Waals surface area contributed by atoms with Gasteiger partial charge in [-0.15, -0.1) is 0 Å². The number of rotatable bonds is 3. The number of anilines is 1. The van der Waals surface area contributed by atoms with Crippen molar-refractivity contribution in [3.8, 4) is 5.69 Å². The van der Waals surface area contributed by atoms with Crippen molar-refractivity contribution >= 4 is 11.9 Å². The molecule has 3 rings (SSSR count). The van der Waals surface area contributed by atoms with Gasteiger partial charge in [0.15, 0.2) is 0 Å². The fourth-order valence-corrected chi connectivity index (χ4v) is 2.74. The van der Waals surface area contributed by atoms with Crippen LogP contribution in [0.3, 0.4) is 0 Å². The van der Waals surface area contributed by atoms with Crippen molar-refractivity contribution in [1.29, 1.82) is 0 Å². The Labute approximate surface area is 129 Å². The first-order chi connectivity index (χ1) is 10.7. The van der Waals surface area contributed by atoms with E-state index in [0.717, 1.165) is 0 Å². The van der Waals surface area contributed by atoms with Crippen LogP contribution < -0.4 is 4.90 Å². The van der Waals surface area contributed by atoms with Gasteiger partial charge in [0, 0.05) is 45.0 Å². The van der Waals surface area contributed by atoms with E-state index in [1.807, 2.05) is 11.8 Å². The Kier molecular flexibility index (Phi) is 4.09. The minimum absolute atomic E-state index is 0.178. The van der Waals surface area contributed by atoms with E-state index < -0.39 is 0 Å². The Morgan fingerprint density at radius 3 is 2.64 bits per heavy atom. The summed E-state index contributed by atoms with van der Waals surface area (Å²) >= 11 is 0. The van der Waals surface area contributed by atoms with E-state index in [1.54, 1.807) is 35.2 Å². The maximum Gasteiger partial charge on any atom is 0.222 e. The summed E-state index contributed by atoms with van der Waals surface area (Å²) in [5, 5.41) is 0. The largest absolute Gasteiger partial charge is 0.339 e. The lowest BCUT2D eigenvalue weighted by Crippen LogP contribution is -2.49. The van der Waals surface area contributed by atoms with Crippen LogP contribution in [-0.2, 0) is 4.79 Å². The standard InChI is InChI=1S/C16H19FN4O/c1-2-15(22)19-9-11-20(12-10-19)16-18-7-8-21(16)14-6-4-3-5-13(14)17/h3-8H,2,9-12H2,1H3. The summed E-state index contributed by atoms with van der Waals surface area (Å²) in [6, 6.07) is 6.65. The van der Waals surface area contributed by atoms with E-state index >= 15 is 0 Å². The van der Waals surface area contributed by atoms with Crippen molar-refractivity contribution in [2.75, 3.05) is 31.1 Å². The lowest BCUT2D eigenvalue weighted by atomic mass is 10.3. The van der Waals surface area contributed by atoms with Crippen LogP contribution in [0.2, 0.25) is 0 Å². The molecule has 0 bridgehead atoms. The first-order valence-electron chi connectivity index (χ1n) is 7.51. The minimum atomic E-state index is -0.276. The number of benzene rings is 1. The number of nitrogens with zero attached hydrogens (tertiary/aromatic N) is 4. The van der Waals surface area contributed by atoms with Crippen molar-refractivity contribution in [3.63, 3.8) is 0 Å². The van der Waals surface area contributed by atoms with Gasteiger partial charge in [-0.1, -0.05) is 19.1 Å². The molecule has 0 aliphatic carbocycles. The van der Waals surface area contributed by atoms with Gasteiger partial charge >= 0.3 is 0 Å². The van der Waals surface area contributed by atoms with E-state index in [0.29, 0.717) is 44.2 Å². The van der Waals surface area contributed by atoms with Crippen molar-refractivity contribution in [1.82, 2.24) is 14.5 Å². The van der Waals surface area contributed by atoms with Crippen molar-refractivity contribution in [2.24, 2.45) is 0 Å². The van der Waals surface area contributed by atoms with Crippen LogP contribution >= 0.6 is 0 Å². The summed E-state index contributed by atoms with van der Waals surface area (Å²) in [6.07, 6.45) is 3.96. The second-order valence-corrected chi connectivity index (χ2v) is 5.27. The summed E-state index contributed by atoms with van der Waals surface area (Å²) in [6.45, 7) is 4.64. The summed E-state index contributed by atoms with van der Waals surface area (Å²) < 4.78 is 15.8. The monoisotopic (exact) mass is 302 g/mol. The normalized spacial score (nSPS) is 15.2. The molecule has 0 N–H and O–H groups in total. The second kappa shape index (κ2) is 6.17. The number of imidazole rings is 1. The van der Waals surface area contributed by atoms with Crippen LogP contribution in [0, 0.1) is 5.82 Å². The third-order valence-electron chi connectivity index (χ3n) is 3.95. The molecule has 0 unspecified atom stereocenters. The summed E-state index contributed by atoms with van der Waals surface area (Å²) in [5.41, 5.74) is 0.488. The first kappa shape index (κ1) is 14.6. The Balaban J connectivity index is 1.79. The number of hydrogen-bond donors (Lipinski definition) is 0. The molecule has 1 aromatic carbocycles. The van der Waals surface area contributed by atoms with Gasteiger partial charge in [0.25, 0.3) is 0 Å². The molecule has 116 valence electrons. The molecule has 22 heavy (non-hydrogen) atoms. The molecule has 1 saturated heterocycles. The first-order valence-corrected chi connectivity index (χ1v) is 7.51. The van der Waals surface area contributed by atoms with Gasteiger partial charge < -0.3 is 9.80 Å². The number of para-hydroxylation sites is 1. The van der Waals surface area contributed by atoms with Crippen LogP contribution in [0.15, 0.2) is 36.7 Å². The van der Waals surface area contributed by atoms with Gasteiger partial charge in [-0.2, -0.15) is 0 Å². The Hall–Kier alpha value is -2.37. The van der Waals surface area contributed by atoms with Crippen molar-refractivity contribution < 1.29 is 9.18 Å². The summed E-state index contributed by atoms with van der Waals surface area (Å²) in [7, 11) is 0. The SMILES string of the molecule is CCC(=O)N1CCN(c2nccn2-c2ccccc2F)CC1. The number of amides is 1. The fourth-order valence-electron chi connectivity index (χ4n) is 2.74. The van der Waals surface area contributed by atoms with Crippen LogP contribution in [0.5, 0.6) is 0 Å². The Bertz CT molecular complexity index is 662. The van der Waals surface area contributed by atoms with Crippen LogP contribution in [0.1, 0.15) is 13.3 Å². The van der Waals surface area contributed by atoms with Crippen molar-refractivity contribution in [2.45, 2.75) is 13.3 Å².